The van der Waals surface area contributed by atoms with Gasteiger partial charge in [-0.2, -0.15) is 0 Å². The number of nitrogens with two attached hydrogens (primary N) is 1. The minimum absolute atomic E-state index is 0.0697. The van der Waals surface area contributed by atoms with Gasteiger partial charge < -0.3 is 20.5 Å². The van der Waals surface area contributed by atoms with Gasteiger partial charge in [-0.3, -0.25) is 4.79 Å². The molecule has 1 aromatic rings. The number of methoxy groups -OCH3 is 1. The first kappa shape index (κ1) is 16.1. The van der Waals surface area contributed by atoms with E-state index in [9.17, 15) is 9.90 Å². The molecule has 0 spiro atoms. The number of halogens is 1. The van der Waals surface area contributed by atoms with Crippen molar-refractivity contribution in [3.05, 3.63) is 28.8 Å². The molecule has 0 atom stereocenters. The van der Waals surface area contributed by atoms with Gasteiger partial charge in [0.2, 0.25) is 0 Å². The molecule has 5 nitrogen and oxygen atoms in total. The van der Waals surface area contributed by atoms with E-state index < -0.39 is 5.60 Å². The number of ether oxygens (including phenoxy) is 1. The Morgan fingerprint density at radius 3 is 2.71 bits per heavy atom. The van der Waals surface area contributed by atoms with Crippen molar-refractivity contribution in [2.24, 2.45) is 5.73 Å². The van der Waals surface area contributed by atoms with Crippen LogP contribution in [-0.2, 0) is 0 Å². The zero-order valence-electron chi connectivity index (χ0n) is 12.1. The maximum absolute atomic E-state index is 12.5. The van der Waals surface area contributed by atoms with Crippen LogP contribution in [0.3, 0.4) is 0 Å². The average molecular weight is 313 g/mol. The van der Waals surface area contributed by atoms with Crippen LogP contribution in [0.1, 0.15) is 29.6 Å². The third-order valence-corrected chi connectivity index (χ3v) is 4.30. The zero-order valence-corrected chi connectivity index (χ0v) is 12.9. The van der Waals surface area contributed by atoms with Crippen LogP contribution in [0.5, 0.6) is 5.75 Å². The Bertz CT molecular complexity index is 514. The number of amides is 1. The molecule has 0 radical (unpaired) electrons. The first-order chi connectivity index (χ1) is 9.99. The van der Waals surface area contributed by atoms with E-state index in [-0.39, 0.29) is 5.91 Å². The van der Waals surface area contributed by atoms with Crippen molar-refractivity contribution in [3.8, 4) is 5.75 Å². The highest BCUT2D eigenvalue weighted by atomic mass is 35.5. The second-order valence-corrected chi connectivity index (χ2v) is 5.81. The third-order valence-electron chi connectivity index (χ3n) is 3.99. The first-order valence-electron chi connectivity index (χ1n) is 7.04. The molecule has 1 aliphatic rings. The van der Waals surface area contributed by atoms with E-state index in [0.717, 1.165) is 0 Å². The predicted molar refractivity (Wildman–Crippen MR) is 81.8 cm³/mol. The van der Waals surface area contributed by atoms with Crippen molar-refractivity contribution in [2.45, 2.75) is 24.9 Å². The number of hydrogen-bond acceptors (Lipinski definition) is 4. The van der Waals surface area contributed by atoms with Gasteiger partial charge in [-0.15, -0.1) is 0 Å². The van der Waals surface area contributed by atoms with E-state index in [1.54, 1.807) is 23.1 Å². The number of aliphatic hydroxyl groups is 1. The van der Waals surface area contributed by atoms with Gasteiger partial charge in [0, 0.05) is 18.7 Å². The number of rotatable bonds is 4. The maximum atomic E-state index is 12.5. The summed E-state index contributed by atoms with van der Waals surface area (Å²) < 4.78 is 5.13. The number of hydrogen-bond donors (Lipinski definition) is 2. The Hall–Kier alpha value is -1.30. The zero-order chi connectivity index (χ0) is 15.5. The van der Waals surface area contributed by atoms with Gasteiger partial charge in [-0.05, 0) is 44.0 Å². The van der Waals surface area contributed by atoms with Crippen molar-refractivity contribution in [1.29, 1.82) is 0 Å². The van der Waals surface area contributed by atoms with E-state index in [1.165, 1.54) is 7.11 Å². The summed E-state index contributed by atoms with van der Waals surface area (Å²) in [5.74, 6) is 0.416. The summed E-state index contributed by atoms with van der Waals surface area (Å²) in [7, 11) is 1.52. The molecular formula is C15H21ClN2O3. The summed E-state index contributed by atoms with van der Waals surface area (Å²) >= 11 is 5.96. The lowest BCUT2D eigenvalue weighted by Gasteiger charge is -2.38. The van der Waals surface area contributed by atoms with Crippen LogP contribution >= 0.6 is 11.6 Å². The number of likely N-dealkylation sites (tertiary alicyclic amines) is 1. The van der Waals surface area contributed by atoms with Gasteiger partial charge in [-0.25, -0.2) is 0 Å². The van der Waals surface area contributed by atoms with E-state index in [2.05, 4.69) is 0 Å². The van der Waals surface area contributed by atoms with Crippen LogP contribution in [-0.4, -0.2) is 48.3 Å². The lowest BCUT2D eigenvalue weighted by atomic mass is 9.88. The number of benzene rings is 1. The topological polar surface area (TPSA) is 75.8 Å². The standard InChI is InChI=1S/C15H21ClN2O3/c1-21-13-10-11(2-3-12(13)16)14(19)18-8-5-15(20,4-7-17)6-9-18/h2-3,10,20H,4-9,17H2,1H3. The van der Waals surface area contributed by atoms with Crippen LogP contribution in [0, 0.1) is 0 Å². The van der Waals surface area contributed by atoms with E-state index in [4.69, 9.17) is 22.1 Å². The molecule has 1 heterocycles. The number of carbonyl (C=O) groups is 1. The van der Waals surface area contributed by atoms with Gasteiger partial charge in [0.25, 0.3) is 5.91 Å². The van der Waals surface area contributed by atoms with Crippen molar-refractivity contribution in [3.63, 3.8) is 0 Å². The second kappa shape index (κ2) is 6.64. The van der Waals surface area contributed by atoms with Gasteiger partial charge >= 0.3 is 0 Å². The summed E-state index contributed by atoms with van der Waals surface area (Å²) in [6.07, 6.45) is 1.69. The Kier molecular flexibility index (Phi) is 5.08. The van der Waals surface area contributed by atoms with Crippen LogP contribution in [0.25, 0.3) is 0 Å². The van der Waals surface area contributed by atoms with Crippen molar-refractivity contribution in [2.75, 3.05) is 26.7 Å². The summed E-state index contributed by atoms with van der Waals surface area (Å²) in [6.45, 7) is 1.51. The smallest absolute Gasteiger partial charge is 0.253 e. The number of carbonyl (C=O) groups excluding carboxylic acids is 1. The fourth-order valence-electron chi connectivity index (χ4n) is 2.62. The molecule has 0 unspecified atom stereocenters. The minimum atomic E-state index is -0.733. The first-order valence-corrected chi connectivity index (χ1v) is 7.42. The predicted octanol–water partition coefficient (Wildman–Crippen LogP) is 1.66. The van der Waals surface area contributed by atoms with Crippen LogP contribution < -0.4 is 10.5 Å². The highest BCUT2D eigenvalue weighted by Gasteiger charge is 2.33. The molecule has 0 aliphatic carbocycles. The molecule has 3 N–H and O–H groups in total. The Balaban J connectivity index is 2.05. The molecule has 21 heavy (non-hydrogen) atoms. The van der Waals surface area contributed by atoms with Gasteiger partial charge in [0.15, 0.2) is 0 Å². The monoisotopic (exact) mass is 312 g/mol. The molecule has 1 amide bonds. The normalized spacial score (nSPS) is 17.6. The molecule has 1 fully saturated rings. The minimum Gasteiger partial charge on any atom is -0.495 e. The highest BCUT2D eigenvalue weighted by Crippen LogP contribution is 2.28. The van der Waals surface area contributed by atoms with Gasteiger partial charge in [0.1, 0.15) is 5.75 Å². The lowest BCUT2D eigenvalue weighted by Crippen LogP contribution is -2.47. The Morgan fingerprint density at radius 2 is 2.14 bits per heavy atom. The molecule has 116 valence electrons. The van der Waals surface area contributed by atoms with E-state index >= 15 is 0 Å². The number of piperidine rings is 1. The fourth-order valence-corrected chi connectivity index (χ4v) is 2.81. The summed E-state index contributed by atoms with van der Waals surface area (Å²) in [5.41, 5.74) is 5.32. The summed E-state index contributed by atoms with van der Waals surface area (Å²) in [4.78, 5) is 14.2. The van der Waals surface area contributed by atoms with E-state index in [0.29, 0.717) is 55.2 Å². The molecule has 0 saturated carbocycles. The molecule has 1 saturated heterocycles. The largest absolute Gasteiger partial charge is 0.495 e. The third kappa shape index (κ3) is 3.67. The highest BCUT2D eigenvalue weighted by molar-refractivity contribution is 6.32. The lowest BCUT2D eigenvalue weighted by molar-refractivity contribution is -0.0209. The van der Waals surface area contributed by atoms with Crippen LogP contribution in [0.15, 0.2) is 18.2 Å². The molecular weight excluding hydrogens is 292 g/mol. The Morgan fingerprint density at radius 1 is 1.48 bits per heavy atom. The molecule has 0 bridgehead atoms. The fraction of sp³-hybridized carbons (Fsp3) is 0.533. The maximum Gasteiger partial charge on any atom is 0.253 e. The number of nitrogens with zero attached hydrogens (tertiary/aromatic N) is 1. The quantitative estimate of drug-likeness (QED) is 0.886. The van der Waals surface area contributed by atoms with Crippen LogP contribution in [0.2, 0.25) is 5.02 Å². The molecule has 6 heteroatoms. The molecule has 1 aromatic carbocycles. The molecule has 2 rings (SSSR count). The Labute approximate surface area is 129 Å². The van der Waals surface area contributed by atoms with Gasteiger partial charge in [-0.1, -0.05) is 11.6 Å². The summed E-state index contributed by atoms with van der Waals surface area (Å²) in [6, 6.07) is 4.99. The molecule has 0 aromatic heterocycles. The SMILES string of the molecule is COc1cc(C(=O)N2CCC(O)(CCN)CC2)ccc1Cl. The average Bonchev–Trinajstić information content (AvgIpc) is 2.48. The van der Waals surface area contributed by atoms with Crippen molar-refractivity contribution in [1.82, 2.24) is 4.90 Å². The second-order valence-electron chi connectivity index (χ2n) is 5.40. The van der Waals surface area contributed by atoms with Crippen LogP contribution in [0.4, 0.5) is 0 Å². The van der Waals surface area contributed by atoms with Gasteiger partial charge in [0.05, 0.1) is 17.7 Å². The van der Waals surface area contributed by atoms with E-state index in [1.807, 2.05) is 0 Å². The molecule has 1 aliphatic heterocycles. The van der Waals surface area contributed by atoms with Crippen molar-refractivity contribution < 1.29 is 14.6 Å². The summed E-state index contributed by atoms with van der Waals surface area (Å²) in [5, 5.41) is 10.8. The van der Waals surface area contributed by atoms with Crippen molar-refractivity contribution >= 4 is 17.5 Å².